The van der Waals surface area contributed by atoms with Crippen molar-refractivity contribution in [1.82, 2.24) is 19.2 Å². The molecule has 38 heavy (non-hydrogen) atoms. The Morgan fingerprint density at radius 1 is 1.08 bits per heavy atom. The van der Waals surface area contributed by atoms with Crippen LogP contribution >= 0.6 is 0 Å². The number of halogens is 2. The Kier molecular flexibility index (Phi) is 7.13. The molecule has 0 unspecified atom stereocenters. The molecular weight excluding hydrogens is 494 g/mol. The molecular formula is C28H28F2N4O4. The zero-order valence-electron chi connectivity index (χ0n) is 21.1. The Hall–Kier alpha value is -4.21. The summed E-state index contributed by atoms with van der Waals surface area (Å²) in [5, 5.41) is 0.520. The maximum atomic E-state index is 12.9. The number of ether oxygens (including phenoxy) is 2. The van der Waals surface area contributed by atoms with Gasteiger partial charge in [-0.1, -0.05) is 24.3 Å². The van der Waals surface area contributed by atoms with Crippen LogP contribution in [-0.2, 0) is 18.4 Å². The maximum absolute atomic E-state index is 12.9. The molecule has 1 aliphatic heterocycles. The molecule has 10 heteroatoms. The lowest BCUT2D eigenvalue weighted by Gasteiger charge is -2.31. The van der Waals surface area contributed by atoms with Crippen LogP contribution < -0.4 is 15.0 Å². The van der Waals surface area contributed by atoms with Gasteiger partial charge in [0, 0.05) is 57.7 Å². The molecule has 1 amide bonds. The fourth-order valence-corrected chi connectivity index (χ4v) is 4.86. The van der Waals surface area contributed by atoms with E-state index in [-0.39, 0.29) is 29.9 Å². The van der Waals surface area contributed by atoms with Crippen LogP contribution in [0, 0.1) is 0 Å². The molecule has 2 aromatic heterocycles. The molecule has 3 heterocycles. The number of piperidine rings is 1. The van der Waals surface area contributed by atoms with Crippen LogP contribution in [0.15, 0.2) is 65.6 Å². The fraction of sp³-hybridized carbons (Fsp3) is 0.321. The molecule has 1 saturated heterocycles. The van der Waals surface area contributed by atoms with Gasteiger partial charge in [0.2, 0.25) is 11.8 Å². The summed E-state index contributed by atoms with van der Waals surface area (Å²) >= 11 is 0. The summed E-state index contributed by atoms with van der Waals surface area (Å²) in [4.78, 5) is 30.7. The van der Waals surface area contributed by atoms with Gasteiger partial charge in [-0.05, 0) is 35.4 Å². The number of para-hydroxylation sites is 1. The van der Waals surface area contributed by atoms with E-state index in [0.717, 1.165) is 24.0 Å². The number of benzene rings is 2. The third-order valence-electron chi connectivity index (χ3n) is 6.91. The van der Waals surface area contributed by atoms with E-state index in [4.69, 9.17) is 4.74 Å². The van der Waals surface area contributed by atoms with E-state index in [1.165, 1.54) is 10.7 Å². The Morgan fingerprint density at radius 2 is 1.82 bits per heavy atom. The van der Waals surface area contributed by atoms with Crippen molar-refractivity contribution >= 4 is 16.8 Å². The molecule has 0 saturated carbocycles. The molecule has 4 aromatic rings. The third-order valence-corrected chi connectivity index (χ3v) is 6.91. The number of pyridine rings is 1. The van der Waals surface area contributed by atoms with E-state index >= 15 is 0 Å². The minimum Gasteiger partial charge on any atom is -0.474 e. The first-order valence-electron chi connectivity index (χ1n) is 12.4. The highest BCUT2D eigenvalue weighted by Gasteiger charge is 2.22. The molecule has 198 valence electrons. The van der Waals surface area contributed by atoms with E-state index in [1.54, 1.807) is 49.1 Å². The second-order valence-corrected chi connectivity index (χ2v) is 9.31. The molecule has 1 aliphatic rings. The first-order chi connectivity index (χ1) is 18.3. The molecule has 5 rings (SSSR count). The van der Waals surface area contributed by atoms with Gasteiger partial charge in [0.05, 0.1) is 17.4 Å². The van der Waals surface area contributed by atoms with Crippen molar-refractivity contribution in [2.75, 3.05) is 13.1 Å². The van der Waals surface area contributed by atoms with Gasteiger partial charge in [-0.25, -0.2) is 4.98 Å². The van der Waals surface area contributed by atoms with Crippen LogP contribution in [0.4, 0.5) is 8.78 Å². The van der Waals surface area contributed by atoms with Crippen LogP contribution in [-0.4, -0.2) is 51.0 Å². The summed E-state index contributed by atoms with van der Waals surface area (Å²) in [5.74, 6) is 0.633. The number of carbonyl (C=O) groups excluding carboxylic acids is 1. The summed E-state index contributed by atoms with van der Waals surface area (Å²) in [6.45, 7) is 0.120. The zero-order chi connectivity index (χ0) is 26.8. The van der Waals surface area contributed by atoms with Gasteiger partial charge in [0.15, 0.2) is 0 Å². The van der Waals surface area contributed by atoms with Gasteiger partial charge in [-0.15, -0.1) is 0 Å². The Morgan fingerprint density at radius 3 is 2.55 bits per heavy atom. The summed E-state index contributed by atoms with van der Waals surface area (Å²) in [6, 6.07) is 15.8. The van der Waals surface area contributed by atoms with Crippen LogP contribution in [0.3, 0.4) is 0 Å². The molecule has 0 radical (unpaired) electrons. The van der Waals surface area contributed by atoms with Crippen molar-refractivity contribution in [2.24, 2.45) is 7.05 Å². The summed E-state index contributed by atoms with van der Waals surface area (Å²) in [7, 11) is 1.65. The van der Waals surface area contributed by atoms with Gasteiger partial charge in [-0.3, -0.25) is 19.0 Å². The highest BCUT2D eigenvalue weighted by molar-refractivity contribution is 5.84. The molecule has 0 aliphatic carbocycles. The van der Waals surface area contributed by atoms with Crippen molar-refractivity contribution in [3.8, 4) is 22.8 Å². The van der Waals surface area contributed by atoms with Crippen molar-refractivity contribution in [1.29, 1.82) is 0 Å². The van der Waals surface area contributed by atoms with Gasteiger partial charge >= 0.3 is 6.61 Å². The SMILES string of the molecule is CC(=O)N1CCC(Oc2cc(-c3ccc4c(=O)n(C)n(Cc5ccccc5OC(F)F)c4c3)ccn2)CC1. The third kappa shape index (κ3) is 5.25. The lowest BCUT2D eigenvalue weighted by Crippen LogP contribution is -2.40. The molecule has 0 bridgehead atoms. The number of hydrogen-bond acceptors (Lipinski definition) is 5. The van der Waals surface area contributed by atoms with Crippen molar-refractivity contribution in [3.63, 3.8) is 0 Å². The maximum Gasteiger partial charge on any atom is 0.387 e. The average Bonchev–Trinajstić information content (AvgIpc) is 3.14. The van der Waals surface area contributed by atoms with E-state index in [1.807, 2.05) is 29.2 Å². The lowest BCUT2D eigenvalue weighted by atomic mass is 10.1. The Bertz CT molecular complexity index is 1520. The van der Waals surface area contributed by atoms with E-state index in [2.05, 4.69) is 9.72 Å². The fourth-order valence-electron chi connectivity index (χ4n) is 4.86. The monoisotopic (exact) mass is 522 g/mol. The normalized spacial score (nSPS) is 14.3. The summed E-state index contributed by atoms with van der Waals surface area (Å²) < 4.78 is 39.9. The average molecular weight is 523 g/mol. The van der Waals surface area contributed by atoms with Crippen LogP contribution in [0.2, 0.25) is 0 Å². The second-order valence-electron chi connectivity index (χ2n) is 9.31. The molecule has 2 aromatic carbocycles. The summed E-state index contributed by atoms with van der Waals surface area (Å²) in [6.07, 6.45) is 3.13. The van der Waals surface area contributed by atoms with Gasteiger partial charge in [-0.2, -0.15) is 8.78 Å². The number of nitrogens with zero attached hydrogens (tertiary/aromatic N) is 4. The lowest BCUT2D eigenvalue weighted by molar-refractivity contribution is -0.130. The minimum atomic E-state index is -2.95. The van der Waals surface area contributed by atoms with E-state index < -0.39 is 6.61 Å². The van der Waals surface area contributed by atoms with Crippen LogP contribution in [0.1, 0.15) is 25.3 Å². The largest absolute Gasteiger partial charge is 0.474 e. The number of amides is 1. The number of aromatic nitrogens is 3. The summed E-state index contributed by atoms with van der Waals surface area (Å²) in [5.41, 5.74) is 2.73. The van der Waals surface area contributed by atoms with Crippen molar-refractivity contribution < 1.29 is 23.0 Å². The predicted octanol–water partition coefficient (Wildman–Crippen LogP) is 4.44. The number of likely N-dealkylation sites (tertiary alicyclic amines) is 1. The first-order valence-corrected chi connectivity index (χ1v) is 12.4. The smallest absolute Gasteiger partial charge is 0.387 e. The number of rotatable bonds is 7. The molecule has 0 atom stereocenters. The molecule has 0 spiro atoms. The van der Waals surface area contributed by atoms with Crippen LogP contribution in [0.25, 0.3) is 22.0 Å². The standard InChI is InChI=1S/C28H28F2N4O4/c1-18(35)33-13-10-22(11-14-33)37-26-16-20(9-12-31-26)19-7-8-23-24(15-19)34(32(2)27(23)36)17-21-5-3-4-6-25(21)38-28(29)30/h3-9,12,15-16,22,28H,10-11,13-14,17H2,1-2H3. The van der Waals surface area contributed by atoms with Gasteiger partial charge in [0.25, 0.3) is 5.56 Å². The minimum absolute atomic E-state index is 0.0225. The van der Waals surface area contributed by atoms with Gasteiger partial charge < -0.3 is 14.4 Å². The second kappa shape index (κ2) is 10.6. The van der Waals surface area contributed by atoms with Crippen molar-refractivity contribution in [3.05, 3.63) is 76.7 Å². The highest BCUT2D eigenvalue weighted by atomic mass is 19.3. The van der Waals surface area contributed by atoms with Crippen LogP contribution in [0.5, 0.6) is 11.6 Å². The highest BCUT2D eigenvalue weighted by Crippen LogP contribution is 2.28. The molecule has 0 N–H and O–H groups in total. The molecule has 1 fully saturated rings. The topological polar surface area (TPSA) is 78.6 Å². The number of hydrogen-bond donors (Lipinski definition) is 0. The number of fused-ring (bicyclic) bond motifs is 1. The Balaban J connectivity index is 1.43. The van der Waals surface area contributed by atoms with Crippen molar-refractivity contribution in [2.45, 2.75) is 39.0 Å². The van der Waals surface area contributed by atoms with Gasteiger partial charge in [0.1, 0.15) is 11.9 Å². The van der Waals surface area contributed by atoms with E-state index in [0.29, 0.717) is 35.4 Å². The first kappa shape index (κ1) is 25.4. The van der Waals surface area contributed by atoms with E-state index in [9.17, 15) is 18.4 Å². The number of alkyl halides is 2. The molecule has 8 nitrogen and oxygen atoms in total. The Labute approximate surface area is 218 Å². The zero-order valence-corrected chi connectivity index (χ0v) is 21.1. The quantitative estimate of drug-likeness (QED) is 0.359. The number of carbonyl (C=O) groups is 1. The predicted molar refractivity (Wildman–Crippen MR) is 138 cm³/mol.